The molecule has 0 atom stereocenters. The van der Waals surface area contributed by atoms with Crippen LogP contribution in [0.25, 0.3) is 0 Å². The van der Waals surface area contributed by atoms with Crippen molar-refractivity contribution in [3.05, 3.63) is 47.8 Å². The minimum Gasteiger partial charge on any atom is -0.372 e. The van der Waals surface area contributed by atoms with Crippen LogP contribution in [0.3, 0.4) is 0 Å². The van der Waals surface area contributed by atoms with Crippen LogP contribution < -0.4 is 10.2 Å². The van der Waals surface area contributed by atoms with E-state index in [2.05, 4.69) is 61.1 Å². The lowest BCUT2D eigenvalue weighted by molar-refractivity contribution is 0.0787. The molecule has 0 unspecified atom stereocenters. The lowest BCUT2D eigenvalue weighted by Crippen LogP contribution is -2.28. The van der Waals surface area contributed by atoms with Gasteiger partial charge in [0.05, 0.1) is 0 Å². The highest BCUT2D eigenvalue weighted by Gasteiger charge is 2.13. The van der Waals surface area contributed by atoms with Gasteiger partial charge in [-0.2, -0.15) is 0 Å². The molecule has 0 radical (unpaired) electrons. The molecule has 0 saturated heterocycles. The van der Waals surface area contributed by atoms with E-state index in [1.807, 2.05) is 19.2 Å². The molecule has 0 saturated carbocycles. The molecule has 2 rings (SSSR count). The normalized spacial score (nSPS) is 10.6. The Labute approximate surface area is 163 Å². The summed E-state index contributed by atoms with van der Waals surface area (Å²) < 4.78 is 0. The predicted octanol–water partition coefficient (Wildman–Crippen LogP) is 4.85. The van der Waals surface area contributed by atoms with Gasteiger partial charge in [0.1, 0.15) is 5.69 Å². The molecule has 0 aliphatic rings. The van der Waals surface area contributed by atoms with Crippen LogP contribution in [0.4, 0.5) is 17.1 Å². The molecule has 1 amide bonds. The predicted molar refractivity (Wildman–Crippen MR) is 114 cm³/mol. The van der Waals surface area contributed by atoms with Gasteiger partial charge >= 0.3 is 0 Å². The number of nitrogens with zero attached hydrogens (tertiary/aromatic N) is 3. The number of aryl methyl sites for hydroxylation is 1. The minimum atomic E-state index is -0.0410. The number of nitrogens with one attached hydrogen (secondary N) is 1. The summed E-state index contributed by atoms with van der Waals surface area (Å²) in [5.41, 5.74) is 4.78. The van der Waals surface area contributed by atoms with Crippen molar-refractivity contribution in [1.29, 1.82) is 0 Å². The van der Waals surface area contributed by atoms with Gasteiger partial charge in [-0.05, 0) is 63.1 Å². The van der Waals surface area contributed by atoms with Crippen LogP contribution in [-0.2, 0) is 0 Å². The third kappa shape index (κ3) is 5.46. The molecular weight excluding hydrogens is 336 g/mol. The van der Waals surface area contributed by atoms with Crippen molar-refractivity contribution in [3.63, 3.8) is 0 Å². The minimum absolute atomic E-state index is 0.0410. The maximum atomic E-state index is 12.5. The summed E-state index contributed by atoms with van der Waals surface area (Å²) >= 11 is 0. The van der Waals surface area contributed by atoms with Gasteiger partial charge in [0.25, 0.3) is 5.91 Å². The Bertz CT molecular complexity index is 756. The number of benzene rings is 1. The fourth-order valence-electron chi connectivity index (χ4n) is 3.05. The fraction of sp³-hybridized carbons (Fsp3) is 0.455. The maximum absolute atomic E-state index is 12.5. The van der Waals surface area contributed by atoms with E-state index in [1.54, 1.807) is 11.1 Å². The van der Waals surface area contributed by atoms with E-state index in [1.165, 1.54) is 11.3 Å². The lowest BCUT2D eigenvalue weighted by Gasteiger charge is -2.22. The molecule has 5 nitrogen and oxygen atoms in total. The first-order valence-corrected chi connectivity index (χ1v) is 9.84. The van der Waals surface area contributed by atoms with E-state index in [4.69, 9.17) is 0 Å². The number of rotatable bonds is 9. The van der Waals surface area contributed by atoms with Crippen LogP contribution in [-0.4, -0.2) is 42.5 Å². The number of hydrogen-bond donors (Lipinski definition) is 1. The third-order valence-corrected chi connectivity index (χ3v) is 4.79. The van der Waals surface area contributed by atoms with Gasteiger partial charge in [-0.3, -0.25) is 9.78 Å². The highest BCUT2D eigenvalue weighted by Crippen LogP contribution is 2.25. The molecule has 27 heavy (non-hydrogen) atoms. The largest absolute Gasteiger partial charge is 0.372 e. The molecular formula is C22H32N4O. The van der Waals surface area contributed by atoms with Gasteiger partial charge < -0.3 is 15.1 Å². The smallest absolute Gasteiger partial charge is 0.272 e. The van der Waals surface area contributed by atoms with Crippen molar-refractivity contribution in [2.45, 2.75) is 40.5 Å². The Morgan fingerprint density at radius 3 is 2.48 bits per heavy atom. The summed E-state index contributed by atoms with van der Waals surface area (Å²) in [5.74, 6) is -0.0410. The monoisotopic (exact) mass is 368 g/mol. The standard InChI is InChI=1S/C22H32N4O/c1-6-9-14-25(5)22(27)21-16-18(12-13-23-21)24-20-11-10-19(15-17(20)4)26(7-2)8-3/h10-13,15-16H,6-9,14H2,1-5H3,(H,23,24). The molecule has 0 spiro atoms. The summed E-state index contributed by atoms with van der Waals surface area (Å²) in [4.78, 5) is 20.9. The average molecular weight is 369 g/mol. The average Bonchev–Trinajstić information content (AvgIpc) is 2.68. The molecule has 0 bridgehead atoms. The second-order valence-electron chi connectivity index (χ2n) is 6.81. The summed E-state index contributed by atoms with van der Waals surface area (Å²) in [6.45, 7) is 11.3. The molecule has 1 aromatic heterocycles. The van der Waals surface area contributed by atoms with Crippen molar-refractivity contribution in [2.75, 3.05) is 36.9 Å². The van der Waals surface area contributed by atoms with Gasteiger partial charge in [-0.25, -0.2) is 0 Å². The van der Waals surface area contributed by atoms with Crippen molar-refractivity contribution in [2.24, 2.45) is 0 Å². The molecule has 1 heterocycles. The zero-order valence-electron chi connectivity index (χ0n) is 17.2. The number of unbranched alkanes of at least 4 members (excludes halogenated alkanes) is 1. The molecule has 1 aromatic carbocycles. The second kappa shape index (κ2) is 9.95. The molecule has 0 aliphatic heterocycles. The number of amides is 1. The SMILES string of the molecule is CCCCN(C)C(=O)c1cc(Nc2ccc(N(CC)CC)cc2C)ccn1. The van der Waals surface area contributed by atoms with E-state index in [0.717, 1.165) is 43.9 Å². The van der Waals surface area contributed by atoms with Gasteiger partial charge in [0.2, 0.25) is 0 Å². The van der Waals surface area contributed by atoms with E-state index >= 15 is 0 Å². The number of aromatic nitrogens is 1. The van der Waals surface area contributed by atoms with Crippen LogP contribution in [0.15, 0.2) is 36.5 Å². The van der Waals surface area contributed by atoms with Gasteiger partial charge in [0.15, 0.2) is 0 Å². The Morgan fingerprint density at radius 1 is 1.11 bits per heavy atom. The summed E-state index contributed by atoms with van der Waals surface area (Å²) in [7, 11) is 1.83. The molecule has 5 heteroatoms. The number of pyridine rings is 1. The van der Waals surface area contributed by atoms with E-state index < -0.39 is 0 Å². The Balaban J connectivity index is 2.15. The van der Waals surface area contributed by atoms with E-state index in [0.29, 0.717) is 5.69 Å². The van der Waals surface area contributed by atoms with Crippen LogP contribution in [0.1, 0.15) is 49.7 Å². The zero-order valence-corrected chi connectivity index (χ0v) is 17.2. The lowest BCUT2D eigenvalue weighted by atomic mass is 10.1. The zero-order chi connectivity index (χ0) is 19.8. The molecule has 0 fully saturated rings. The first kappa shape index (κ1) is 20.7. The Kier molecular flexibility index (Phi) is 7.65. The first-order valence-electron chi connectivity index (χ1n) is 9.84. The second-order valence-corrected chi connectivity index (χ2v) is 6.81. The number of hydrogen-bond acceptors (Lipinski definition) is 4. The molecule has 1 N–H and O–H groups in total. The van der Waals surface area contributed by atoms with Gasteiger partial charge in [-0.15, -0.1) is 0 Å². The highest BCUT2D eigenvalue weighted by molar-refractivity contribution is 5.93. The summed E-state index contributed by atoms with van der Waals surface area (Å²) in [5, 5.41) is 3.42. The number of carbonyl (C=O) groups excluding carboxylic acids is 1. The topological polar surface area (TPSA) is 48.5 Å². The fourth-order valence-corrected chi connectivity index (χ4v) is 3.05. The van der Waals surface area contributed by atoms with Crippen LogP contribution in [0.5, 0.6) is 0 Å². The number of anilines is 3. The van der Waals surface area contributed by atoms with Gasteiger partial charge in [-0.1, -0.05) is 13.3 Å². The van der Waals surface area contributed by atoms with E-state index in [-0.39, 0.29) is 5.91 Å². The Morgan fingerprint density at radius 2 is 1.85 bits per heavy atom. The molecule has 146 valence electrons. The summed E-state index contributed by atoms with van der Waals surface area (Å²) in [6, 6.07) is 10.1. The summed E-state index contributed by atoms with van der Waals surface area (Å²) in [6.07, 6.45) is 3.75. The maximum Gasteiger partial charge on any atom is 0.272 e. The number of carbonyl (C=O) groups is 1. The van der Waals surface area contributed by atoms with Crippen LogP contribution >= 0.6 is 0 Å². The van der Waals surface area contributed by atoms with Crippen LogP contribution in [0, 0.1) is 6.92 Å². The Hall–Kier alpha value is -2.56. The first-order chi connectivity index (χ1) is 13.0. The van der Waals surface area contributed by atoms with Crippen molar-refractivity contribution >= 4 is 23.0 Å². The molecule has 2 aromatic rings. The third-order valence-electron chi connectivity index (χ3n) is 4.79. The van der Waals surface area contributed by atoms with Crippen molar-refractivity contribution in [1.82, 2.24) is 9.88 Å². The van der Waals surface area contributed by atoms with Crippen molar-refractivity contribution < 1.29 is 4.79 Å². The van der Waals surface area contributed by atoms with Crippen LogP contribution in [0.2, 0.25) is 0 Å². The van der Waals surface area contributed by atoms with Crippen molar-refractivity contribution in [3.8, 4) is 0 Å². The highest BCUT2D eigenvalue weighted by atomic mass is 16.2. The quantitative estimate of drug-likeness (QED) is 0.687. The van der Waals surface area contributed by atoms with E-state index in [9.17, 15) is 4.79 Å². The molecule has 0 aliphatic carbocycles. The van der Waals surface area contributed by atoms with Gasteiger partial charge in [0, 0.05) is 49.9 Å².